The number of primary sulfonamides is 1. The molecule has 6 heteroatoms. The highest BCUT2D eigenvalue weighted by Crippen LogP contribution is 2.19. The number of hydrogen-bond donors (Lipinski definition) is 2. The Hall–Kier alpha value is -1.40. The maximum atomic E-state index is 11.9. The molecule has 0 saturated carbocycles. The van der Waals surface area contributed by atoms with Crippen molar-refractivity contribution in [3.05, 3.63) is 28.8 Å². The lowest BCUT2D eigenvalue weighted by Gasteiger charge is -2.11. The molecule has 0 spiro atoms. The van der Waals surface area contributed by atoms with Crippen LogP contribution in [0.5, 0.6) is 0 Å². The van der Waals surface area contributed by atoms with E-state index in [1.54, 1.807) is 19.9 Å². The van der Waals surface area contributed by atoms with E-state index < -0.39 is 10.0 Å². The molecule has 1 aromatic carbocycles. The molecule has 0 atom stereocenters. The van der Waals surface area contributed by atoms with Crippen molar-refractivity contribution in [2.45, 2.75) is 32.1 Å². The van der Waals surface area contributed by atoms with Crippen molar-refractivity contribution in [2.75, 3.05) is 6.54 Å². The molecule has 0 fully saturated rings. The SMILES string of the molecule is CCCNC(=O)c1cc(S(N)(=O)=O)c(C)cc1C. The number of nitrogens with two attached hydrogens (primary N) is 1. The number of rotatable bonds is 4. The zero-order valence-electron chi connectivity index (χ0n) is 10.8. The summed E-state index contributed by atoms with van der Waals surface area (Å²) in [6.07, 6.45) is 0.818. The fourth-order valence-electron chi connectivity index (χ4n) is 1.72. The number of nitrogens with one attached hydrogen (secondary N) is 1. The van der Waals surface area contributed by atoms with Gasteiger partial charge in [0, 0.05) is 12.1 Å². The van der Waals surface area contributed by atoms with E-state index in [-0.39, 0.29) is 10.8 Å². The van der Waals surface area contributed by atoms with Crippen LogP contribution in [-0.2, 0) is 10.0 Å². The van der Waals surface area contributed by atoms with Crippen LogP contribution in [0.25, 0.3) is 0 Å². The highest BCUT2D eigenvalue weighted by atomic mass is 32.2. The number of sulfonamides is 1. The first-order valence-corrected chi connectivity index (χ1v) is 7.24. The van der Waals surface area contributed by atoms with Crippen LogP contribution in [0.2, 0.25) is 0 Å². The topological polar surface area (TPSA) is 89.3 Å². The zero-order valence-corrected chi connectivity index (χ0v) is 11.6. The van der Waals surface area contributed by atoms with Gasteiger partial charge < -0.3 is 5.32 Å². The average molecular weight is 270 g/mol. The molecule has 1 aromatic rings. The molecule has 0 aliphatic carbocycles. The Morgan fingerprint density at radius 1 is 1.28 bits per heavy atom. The quantitative estimate of drug-likeness (QED) is 0.858. The van der Waals surface area contributed by atoms with Crippen LogP contribution in [0, 0.1) is 13.8 Å². The van der Waals surface area contributed by atoms with Gasteiger partial charge in [0.25, 0.3) is 5.91 Å². The van der Waals surface area contributed by atoms with E-state index in [9.17, 15) is 13.2 Å². The summed E-state index contributed by atoms with van der Waals surface area (Å²) in [4.78, 5) is 11.9. The Labute approximate surface area is 107 Å². The average Bonchev–Trinajstić information content (AvgIpc) is 2.24. The molecule has 0 aromatic heterocycles. The van der Waals surface area contributed by atoms with Crippen molar-refractivity contribution in [3.63, 3.8) is 0 Å². The molecule has 0 heterocycles. The summed E-state index contributed by atoms with van der Waals surface area (Å²) >= 11 is 0. The number of aryl methyl sites for hydroxylation is 2. The molecule has 1 rings (SSSR count). The molecule has 0 radical (unpaired) electrons. The maximum absolute atomic E-state index is 11.9. The van der Waals surface area contributed by atoms with Crippen molar-refractivity contribution in [1.29, 1.82) is 0 Å². The molecule has 1 amide bonds. The Balaban J connectivity index is 3.26. The van der Waals surface area contributed by atoms with Crippen LogP contribution in [-0.4, -0.2) is 20.9 Å². The van der Waals surface area contributed by atoms with Gasteiger partial charge in [0.05, 0.1) is 4.90 Å². The molecule has 0 saturated heterocycles. The van der Waals surface area contributed by atoms with Gasteiger partial charge >= 0.3 is 0 Å². The molecule has 100 valence electrons. The lowest BCUT2D eigenvalue weighted by Crippen LogP contribution is -2.25. The number of benzene rings is 1. The second-order valence-corrected chi connectivity index (χ2v) is 5.76. The van der Waals surface area contributed by atoms with E-state index in [0.29, 0.717) is 17.7 Å². The number of hydrogen-bond acceptors (Lipinski definition) is 3. The van der Waals surface area contributed by atoms with E-state index in [2.05, 4.69) is 5.32 Å². The molecular formula is C12H18N2O3S. The molecule has 0 bridgehead atoms. The molecule has 0 aliphatic heterocycles. The summed E-state index contributed by atoms with van der Waals surface area (Å²) in [6.45, 7) is 5.91. The minimum atomic E-state index is -3.81. The van der Waals surface area contributed by atoms with Crippen LogP contribution >= 0.6 is 0 Å². The number of amides is 1. The van der Waals surface area contributed by atoms with Gasteiger partial charge in [-0.2, -0.15) is 0 Å². The van der Waals surface area contributed by atoms with Crippen LogP contribution < -0.4 is 10.5 Å². The number of carbonyl (C=O) groups excluding carboxylic acids is 1. The van der Waals surface area contributed by atoms with Crippen molar-refractivity contribution >= 4 is 15.9 Å². The monoisotopic (exact) mass is 270 g/mol. The fraction of sp³-hybridized carbons (Fsp3) is 0.417. The summed E-state index contributed by atoms with van der Waals surface area (Å²) in [5.41, 5.74) is 1.62. The van der Waals surface area contributed by atoms with Gasteiger partial charge in [-0.3, -0.25) is 4.79 Å². The molecule has 3 N–H and O–H groups in total. The fourth-order valence-corrected chi connectivity index (χ4v) is 2.51. The lowest BCUT2D eigenvalue weighted by atomic mass is 10.1. The van der Waals surface area contributed by atoms with Gasteiger partial charge in [0.2, 0.25) is 10.0 Å². The van der Waals surface area contributed by atoms with Crippen molar-refractivity contribution in [2.24, 2.45) is 5.14 Å². The van der Waals surface area contributed by atoms with Gasteiger partial charge in [-0.25, -0.2) is 13.6 Å². The van der Waals surface area contributed by atoms with Crippen molar-refractivity contribution in [3.8, 4) is 0 Å². The first-order chi connectivity index (χ1) is 8.27. The predicted octanol–water partition coefficient (Wildman–Crippen LogP) is 1.09. The third kappa shape index (κ3) is 3.30. The largest absolute Gasteiger partial charge is 0.352 e. The van der Waals surface area contributed by atoms with Gasteiger partial charge in [-0.05, 0) is 37.5 Å². The van der Waals surface area contributed by atoms with Crippen LogP contribution in [0.15, 0.2) is 17.0 Å². The van der Waals surface area contributed by atoms with Crippen LogP contribution in [0.3, 0.4) is 0 Å². The molecule has 0 aliphatic rings. The van der Waals surface area contributed by atoms with E-state index in [1.165, 1.54) is 6.07 Å². The summed E-state index contributed by atoms with van der Waals surface area (Å²) in [5, 5.41) is 7.83. The molecule has 0 unspecified atom stereocenters. The predicted molar refractivity (Wildman–Crippen MR) is 69.9 cm³/mol. The Kier molecular flexibility index (Phi) is 4.48. The van der Waals surface area contributed by atoms with Crippen molar-refractivity contribution < 1.29 is 13.2 Å². The third-order valence-electron chi connectivity index (χ3n) is 2.61. The smallest absolute Gasteiger partial charge is 0.251 e. The van der Waals surface area contributed by atoms with Gasteiger partial charge in [-0.15, -0.1) is 0 Å². The minimum absolute atomic E-state index is 0.00486. The molecular weight excluding hydrogens is 252 g/mol. The molecule has 5 nitrogen and oxygen atoms in total. The Morgan fingerprint density at radius 3 is 2.39 bits per heavy atom. The number of carbonyl (C=O) groups is 1. The van der Waals surface area contributed by atoms with Gasteiger partial charge in [0.1, 0.15) is 0 Å². The first kappa shape index (κ1) is 14.7. The third-order valence-corrected chi connectivity index (χ3v) is 3.66. The van der Waals surface area contributed by atoms with Gasteiger partial charge in [0.15, 0.2) is 0 Å². The second-order valence-electron chi connectivity index (χ2n) is 4.23. The van der Waals surface area contributed by atoms with E-state index in [4.69, 9.17) is 5.14 Å². The summed E-state index contributed by atoms with van der Waals surface area (Å²) in [5.74, 6) is -0.278. The van der Waals surface area contributed by atoms with Gasteiger partial charge in [-0.1, -0.05) is 13.0 Å². The minimum Gasteiger partial charge on any atom is -0.352 e. The van der Waals surface area contributed by atoms with Crippen LogP contribution in [0.1, 0.15) is 34.8 Å². The normalized spacial score (nSPS) is 11.3. The Morgan fingerprint density at radius 2 is 1.89 bits per heavy atom. The highest BCUT2D eigenvalue weighted by molar-refractivity contribution is 7.89. The summed E-state index contributed by atoms with van der Waals surface area (Å²) < 4.78 is 22.8. The maximum Gasteiger partial charge on any atom is 0.251 e. The summed E-state index contributed by atoms with van der Waals surface area (Å²) in [7, 11) is -3.81. The van der Waals surface area contributed by atoms with E-state index >= 15 is 0 Å². The zero-order chi connectivity index (χ0) is 13.9. The first-order valence-electron chi connectivity index (χ1n) is 5.69. The second kappa shape index (κ2) is 5.49. The standard InChI is InChI=1S/C12H18N2O3S/c1-4-5-14-12(15)10-7-11(18(13,16)17)9(3)6-8(10)2/h6-7H,4-5H2,1-3H3,(H,14,15)(H2,13,16,17). The highest BCUT2D eigenvalue weighted by Gasteiger charge is 2.17. The van der Waals surface area contributed by atoms with Crippen molar-refractivity contribution in [1.82, 2.24) is 5.32 Å². The Bertz CT molecular complexity index is 565. The van der Waals surface area contributed by atoms with E-state index in [1.807, 2.05) is 6.92 Å². The van der Waals surface area contributed by atoms with E-state index in [0.717, 1.165) is 12.0 Å². The van der Waals surface area contributed by atoms with Crippen LogP contribution in [0.4, 0.5) is 0 Å². The summed E-state index contributed by atoms with van der Waals surface area (Å²) in [6, 6.07) is 2.99. The lowest BCUT2D eigenvalue weighted by molar-refractivity contribution is 0.0953. The molecule has 18 heavy (non-hydrogen) atoms.